The summed E-state index contributed by atoms with van der Waals surface area (Å²) in [6, 6.07) is 0. The molecule has 0 aliphatic carbocycles. The number of unbranched alkanes of at least 4 members (excludes halogenated alkanes) is 2. The third-order valence-corrected chi connectivity index (χ3v) is 9.65. The molecule has 0 radical (unpaired) electrons. The molecule has 4 unspecified atom stereocenters. The van der Waals surface area contributed by atoms with E-state index in [2.05, 4.69) is 65.4 Å². The maximum absolute atomic E-state index is 7.58. The quantitative estimate of drug-likeness (QED) is 0.642. The van der Waals surface area contributed by atoms with Crippen molar-refractivity contribution < 1.29 is 0 Å². The monoisotopic (exact) mass is 394 g/mol. The molecule has 4 N–H and O–H groups in total. The van der Waals surface area contributed by atoms with Crippen molar-refractivity contribution in [1.82, 2.24) is 9.80 Å². The lowest BCUT2D eigenvalue weighted by Gasteiger charge is -2.60. The summed E-state index contributed by atoms with van der Waals surface area (Å²) in [4.78, 5) is 5.09. The van der Waals surface area contributed by atoms with Gasteiger partial charge in [0.25, 0.3) is 0 Å². The average Bonchev–Trinajstić information content (AvgIpc) is 2.62. The lowest BCUT2D eigenvalue weighted by atomic mass is 9.55. The van der Waals surface area contributed by atoms with Crippen molar-refractivity contribution in [2.75, 3.05) is 33.7 Å². The SMILES string of the molecule is CC1C(C(N)(CCCCCN)C2CCN(C)C(C)(C)C2C)CCN(C)C1(C)C. The van der Waals surface area contributed by atoms with E-state index in [0.29, 0.717) is 23.7 Å². The molecule has 0 bridgehead atoms. The number of piperidine rings is 2. The van der Waals surface area contributed by atoms with Gasteiger partial charge in [-0.25, -0.2) is 0 Å². The van der Waals surface area contributed by atoms with Gasteiger partial charge in [0.15, 0.2) is 0 Å². The predicted molar refractivity (Wildman–Crippen MR) is 122 cm³/mol. The second-order valence-electron chi connectivity index (χ2n) is 11.2. The van der Waals surface area contributed by atoms with Crippen LogP contribution < -0.4 is 11.5 Å². The number of hydrogen-bond donors (Lipinski definition) is 2. The maximum Gasteiger partial charge on any atom is 0.0218 e. The number of nitrogens with zero attached hydrogens (tertiary/aromatic N) is 2. The molecule has 0 aromatic carbocycles. The fraction of sp³-hybridized carbons (Fsp3) is 1.00. The predicted octanol–water partition coefficient (Wildman–Crippen LogP) is 3.94. The van der Waals surface area contributed by atoms with Crippen LogP contribution in [0, 0.1) is 23.7 Å². The third kappa shape index (κ3) is 4.31. The molecule has 2 fully saturated rings. The fourth-order valence-electron chi connectivity index (χ4n) is 6.29. The molecule has 0 aromatic rings. The molecule has 4 heteroatoms. The van der Waals surface area contributed by atoms with Gasteiger partial charge >= 0.3 is 0 Å². The van der Waals surface area contributed by atoms with Gasteiger partial charge in [0, 0.05) is 16.6 Å². The highest BCUT2D eigenvalue weighted by Crippen LogP contribution is 2.50. The van der Waals surface area contributed by atoms with Crippen molar-refractivity contribution in [1.29, 1.82) is 0 Å². The van der Waals surface area contributed by atoms with Crippen LogP contribution >= 0.6 is 0 Å². The highest BCUT2D eigenvalue weighted by atomic mass is 15.2. The Morgan fingerprint density at radius 3 is 1.64 bits per heavy atom. The summed E-state index contributed by atoms with van der Waals surface area (Å²) < 4.78 is 0. The zero-order valence-corrected chi connectivity index (χ0v) is 20.2. The largest absolute Gasteiger partial charge is 0.330 e. The molecule has 166 valence electrons. The van der Waals surface area contributed by atoms with Gasteiger partial charge in [0.1, 0.15) is 0 Å². The van der Waals surface area contributed by atoms with E-state index in [9.17, 15) is 0 Å². The molecular formula is C24H50N4. The molecule has 0 spiro atoms. The van der Waals surface area contributed by atoms with Crippen LogP contribution in [0.3, 0.4) is 0 Å². The summed E-state index contributed by atoms with van der Waals surface area (Å²) in [6.45, 7) is 17.7. The second-order valence-corrected chi connectivity index (χ2v) is 11.2. The average molecular weight is 395 g/mol. The van der Waals surface area contributed by atoms with E-state index in [1.165, 1.54) is 25.7 Å². The number of hydrogen-bond acceptors (Lipinski definition) is 4. The smallest absolute Gasteiger partial charge is 0.0218 e. The Bertz CT molecular complexity index is 465. The first-order valence-electron chi connectivity index (χ1n) is 11.8. The molecule has 2 aliphatic heterocycles. The highest BCUT2D eigenvalue weighted by molar-refractivity contribution is 5.10. The van der Waals surface area contributed by atoms with Crippen LogP contribution in [0.25, 0.3) is 0 Å². The number of likely N-dealkylation sites (tertiary alicyclic amines) is 2. The molecule has 28 heavy (non-hydrogen) atoms. The molecule has 2 rings (SSSR count). The van der Waals surface area contributed by atoms with Crippen LogP contribution in [0.15, 0.2) is 0 Å². The van der Waals surface area contributed by atoms with E-state index in [1.54, 1.807) is 0 Å². The van der Waals surface area contributed by atoms with Gasteiger partial charge in [-0.2, -0.15) is 0 Å². The van der Waals surface area contributed by atoms with E-state index in [1.807, 2.05) is 0 Å². The van der Waals surface area contributed by atoms with E-state index >= 15 is 0 Å². The Kier molecular flexibility index (Phi) is 7.68. The van der Waals surface area contributed by atoms with Crippen molar-refractivity contribution in [3.8, 4) is 0 Å². The topological polar surface area (TPSA) is 58.5 Å². The molecule has 2 aliphatic rings. The van der Waals surface area contributed by atoms with Gasteiger partial charge in [0.2, 0.25) is 0 Å². The van der Waals surface area contributed by atoms with Crippen LogP contribution in [-0.2, 0) is 0 Å². The summed E-state index contributed by atoms with van der Waals surface area (Å²) in [5, 5.41) is 0. The molecular weight excluding hydrogens is 344 g/mol. The minimum atomic E-state index is -0.0789. The lowest BCUT2D eigenvalue weighted by molar-refractivity contribution is -0.0784. The Labute approximate surface area is 175 Å². The van der Waals surface area contributed by atoms with Crippen molar-refractivity contribution >= 4 is 0 Å². The lowest BCUT2D eigenvalue weighted by Crippen LogP contribution is -2.68. The van der Waals surface area contributed by atoms with Crippen LogP contribution in [0.5, 0.6) is 0 Å². The van der Waals surface area contributed by atoms with Gasteiger partial charge in [-0.05, 0) is 111 Å². The van der Waals surface area contributed by atoms with Gasteiger partial charge in [-0.15, -0.1) is 0 Å². The second kappa shape index (κ2) is 8.91. The normalized spacial score (nSPS) is 36.2. The minimum absolute atomic E-state index is 0.0789. The van der Waals surface area contributed by atoms with E-state index < -0.39 is 0 Å². The van der Waals surface area contributed by atoms with E-state index in [0.717, 1.165) is 32.5 Å². The van der Waals surface area contributed by atoms with Crippen LogP contribution in [0.2, 0.25) is 0 Å². The first kappa shape index (κ1) is 24.1. The molecule has 2 saturated heterocycles. The Hall–Kier alpha value is -0.160. The summed E-state index contributed by atoms with van der Waals surface area (Å²) in [6.07, 6.45) is 7.16. The van der Waals surface area contributed by atoms with Crippen molar-refractivity contribution in [2.24, 2.45) is 35.1 Å². The Morgan fingerprint density at radius 2 is 1.25 bits per heavy atom. The number of rotatable bonds is 7. The summed E-state index contributed by atoms with van der Waals surface area (Å²) in [5.74, 6) is 2.37. The fourth-order valence-corrected chi connectivity index (χ4v) is 6.29. The van der Waals surface area contributed by atoms with Gasteiger partial charge in [-0.3, -0.25) is 0 Å². The Balaban J connectivity index is 2.35. The molecule has 0 amide bonds. The number of nitrogens with two attached hydrogens (primary N) is 2. The Morgan fingerprint density at radius 1 is 0.821 bits per heavy atom. The molecule has 0 saturated carbocycles. The van der Waals surface area contributed by atoms with Crippen molar-refractivity contribution in [2.45, 2.75) is 96.7 Å². The molecule has 2 heterocycles. The first-order chi connectivity index (χ1) is 12.9. The molecule has 4 atom stereocenters. The third-order valence-electron chi connectivity index (χ3n) is 9.65. The van der Waals surface area contributed by atoms with Crippen LogP contribution in [0.4, 0.5) is 0 Å². The molecule has 4 nitrogen and oxygen atoms in total. The standard InChI is InChI=1S/C24H50N4/c1-18-20(12-16-27(7)22(18,3)4)24(26,14-10-9-11-15-25)21-13-17-28(8)23(5,6)19(21)2/h18-21H,9-17,25-26H2,1-8H3. The zero-order chi connectivity index (χ0) is 21.3. The summed E-state index contributed by atoms with van der Waals surface area (Å²) in [7, 11) is 4.57. The minimum Gasteiger partial charge on any atom is -0.330 e. The summed E-state index contributed by atoms with van der Waals surface area (Å²) >= 11 is 0. The maximum atomic E-state index is 7.58. The van der Waals surface area contributed by atoms with Crippen LogP contribution in [-0.4, -0.2) is 60.1 Å². The van der Waals surface area contributed by atoms with E-state index in [4.69, 9.17) is 11.5 Å². The van der Waals surface area contributed by atoms with E-state index in [-0.39, 0.29) is 16.6 Å². The van der Waals surface area contributed by atoms with Gasteiger partial charge in [-0.1, -0.05) is 26.7 Å². The molecule has 0 aromatic heterocycles. The summed E-state index contributed by atoms with van der Waals surface area (Å²) in [5.41, 5.74) is 13.7. The first-order valence-corrected chi connectivity index (χ1v) is 11.8. The van der Waals surface area contributed by atoms with Gasteiger partial charge in [0.05, 0.1) is 0 Å². The van der Waals surface area contributed by atoms with Crippen LogP contribution in [0.1, 0.15) is 80.1 Å². The van der Waals surface area contributed by atoms with Crippen molar-refractivity contribution in [3.05, 3.63) is 0 Å². The van der Waals surface area contributed by atoms with Crippen molar-refractivity contribution in [3.63, 3.8) is 0 Å². The zero-order valence-electron chi connectivity index (χ0n) is 20.2. The highest BCUT2D eigenvalue weighted by Gasteiger charge is 2.54. The van der Waals surface area contributed by atoms with Gasteiger partial charge < -0.3 is 21.3 Å².